The van der Waals surface area contributed by atoms with Gasteiger partial charge in [0.15, 0.2) is 0 Å². The quantitative estimate of drug-likeness (QED) is 0.753. The van der Waals surface area contributed by atoms with Crippen molar-refractivity contribution in [3.05, 3.63) is 29.8 Å². The molecule has 1 aromatic carbocycles. The summed E-state index contributed by atoms with van der Waals surface area (Å²) in [6.45, 7) is 3.13. The molecule has 0 amide bonds. The van der Waals surface area contributed by atoms with E-state index in [2.05, 4.69) is 5.32 Å². The summed E-state index contributed by atoms with van der Waals surface area (Å²) in [5.74, 6) is 0. The number of hydrogen-bond donors (Lipinski definition) is 2. The Kier molecular flexibility index (Phi) is 5.15. The van der Waals surface area contributed by atoms with E-state index in [0.717, 1.165) is 17.7 Å². The van der Waals surface area contributed by atoms with Crippen molar-refractivity contribution < 1.29 is 9.84 Å². The fraction of sp³-hybridized carbons (Fsp3) is 0.500. The van der Waals surface area contributed by atoms with Gasteiger partial charge in [0.25, 0.3) is 0 Å². The van der Waals surface area contributed by atoms with Crippen molar-refractivity contribution in [2.24, 2.45) is 0 Å². The number of ether oxygens (including phenoxy) is 1. The molecule has 0 aliphatic rings. The molecule has 0 spiro atoms. The molecule has 15 heavy (non-hydrogen) atoms. The minimum absolute atomic E-state index is 0.291. The molecule has 0 aliphatic carbocycles. The van der Waals surface area contributed by atoms with Crippen LogP contribution in [0.5, 0.6) is 0 Å². The first-order chi connectivity index (χ1) is 7.27. The zero-order valence-electron chi connectivity index (χ0n) is 9.36. The Morgan fingerprint density at radius 3 is 2.80 bits per heavy atom. The van der Waals surface area contributed by atoms with E-state index in [1.807, 2.05) is 31.2 Å². The molecule has 0 saturated heterocycles. The van der Waals surface area contributed by atoms with Crippen molar-refractivity contribution in [3.63, 3.8) is 0 Å². The molecule has 1 unspecified atom stereocenters. The second-order valence-corrected chi connectivity index (χ2v) is 3.53. The van der Waals surface area contributed by atoms with E-state index >= 15 is 0 Å². The molecule has 0 radical (unpaired) electrons. The lowest BCUT2D eigenvalue weighted by molar-refractivity contribution is 0.181. The summed E-state index contributed by atoms with van der Waals surface area (Å²) in [6, 6.07) is 7.97. The van der Waals surface area contributed by atoms with Gasteiger partial charge in [0.2, 0.25) is 0 Å². The zero-order chi connectivity index (χ0) is 11.1. The maximum absolute atomic E-state index is 9.45. The number of aliphatic hydroxyl groups excluding tert-OH is 1. The number of nitrogens with one attached hydrogen (secondary N) is 1. The van der Waals surface area contributed by atoms with Crippen LogP contribution in [0, 0.1) is 0 Å². The standard InChI is InChI=1S/C12H19NO2/c1-3-11(14)8-13-12-7-5-4-6-10(12)9-15-2/h4-7,11,13-14H,3,8-9H2,1-2H3. The van der Waals surface area contributed by atoms with Crippen LogP contribution in [0.1, 0.15) is 18.9 Å². The Morgan fingerprint density at radius 1 is 1.40 bits per heavy atom. The first kappa shape index (κ1) is 12.0. The fourth-order valence-corrected chi connectivity index (χ4v) is 1.35. The van der Waals surface area contributed by atoms with Crippen molar-refractivity contribution in [1.82, 2.24) is 0 Å². The lowest BCUT2D eigenvalue weighted by Gasteiger charge is -2.13. The van der Waals surface area contributed by atoms with E-state index in [1.165, 1.54) is 0 Å². The van der Waals surface area contributed by atoms with Crippen LogP contribution in [0.3, 0.4) is 0 Å². The van der Waals surface area contributed by atoms with Crippen molar-refractivity contribution in [2.75, 3.05) is 19.0 Å². The van der Waals surface area contributed by atoms with Crippen LogP contribution in [-0.2, 0) is 11.3 Å². The molecule has 0 saturated carbocycles. The third-order valence-electron chi connectivity index (χ3n) is 2.32. The zero-order valence-corrected chi connectivity index (χ0v) is 9.36. The van der Waals surface area contributed by atoms with E-state index in [1.54, 1.807) is 7.11 Å². The average Bonchev–Trinajstić information content (AvgIpc) is 2.28. The first-order valence-electron chi connectivity index (χ1n) is 5.26. The van der Waals surface area contributed by atoms with Crippen LogP contribution in [0.4, 0.5) is 5.69 Å². The van der Waals surface area contributed by atoms with E-state index < -0.39 is 0 Å². The minimum atomic E-state index is -0.291. The molecule has 0 aliphatic heterocycles. The summed E-state index contributed by atoms with van der Waals surface area (Å²) in [6.07, 6.45) is 0.472. The van der Waals surface area contributed by atoms with Crippen molar-refractivity contribution in [1.29, 1.82) is 0 Å². The van der Waals surface area contributed by atoms with Crippen LogP contribution in [-0.4, -0.2) is 24.9 Å². The number of hydrogen-bond acceptors (Lipinski definition) is 3. The molecule has 1 aromatic rings. The van der Waals surface area contributed by atoms with Gasteiger partial charge in [-0.3, -0.25) is 0 Å². The van der Waals surface area contributed by atoms with Crippen LogP contribution < -0.4 is 5.32 Å². The van der Waals surface area contributed by atoms with E-state index in [0.29, 0.717) is 13.2 Å². The van der Waals surface area contributed by atoms with E-state index in [4.69, 9.17) is 4.74 Å². The number of methoxy groups -OCH3 is 1. The van der Waals surface area contributed by atoms with Gasteiger partial charge in [0.05, 0.1) is 12.7 Å². The Balaban J connectivity index is 2.58. The molecule has 3 heteroatoms. The van der Waals surface area contributed by atoms with Crippen LogP contribution in [0.25, 0.3) is 0 Å². The molecule has 0 heterocycles. The summed E-state index contributed by atoms with van der Waals surface area (Å²) >= 11 is 0. The van der Waals surface area contributed by atoms with Gasteiger partial charge >= 0.3 is 0 Å². The summed E-state index contributed by atoms with van der Waals surface area (Å²) in [4.78, 5) is 0. The molecular weight excluding hydrogens is 190 g/mol. The number of aliphatic hydroxyl groups is 1. The SMILES string of the molecule is CCC(O)CNc1ccccc1COC. The van der Waals surface area contributed by atoms with Crippen molar-refractivity contribution >= 4 is 5.69 Å². The lowest BCUT2D eigenvalue weighted by atomic mass is 10.2. The van der Waals surface area contributed by atoms with Crippen molar-refractivity contribution in [3.8, 4) is 0 Å². The Morgan fingerprint density at radius 2 is 2.13 bits per heavy atom. The van der Waals surface area contributed by atoms with E-state index in [9.17, 15) is 5.11 Å². The van der Waals surface area contributed by atoms with Gasteiger partial charge in [-0.2, -0.15) is 0 Å². The first-order valence-corrected chi connectivity index (χ1v) is 5.26. The third-order valence-corrected chi connectivity index (χ3v) is 2.32. The highest BCUT2D eigenvalue weighted by Gasteiger charge is 2.03. The fourth-order valence-electron chi connectivity index (χ4n) is 1.35. The molecular formula is C12H19NO2. The maximum Gasteiger partial charge on any atom is 0.0733 e. The number of benzene rings is 1. The maximum atomic E-state index is 9.45. The number of rotatable bonds is 6. The monoisotopic (exact) mass is 209 g/mol. The summed E-state index contributed by atoms with van der Waals surface area (Å²) in [5, 5.41) is 12.7. The van der Waals surface area contributed by atoms with Crippen LogP contribution in [0.15, 0.2) is 24.3 Å². The predicted octanol–water partition coefficient (Wildman–Crippen LogP) is 2.02. The van der Waals surface area contributed by atoms with Gasteiger partial charge in [0.1, 0.15) is 0 Å². The molecule has 0 aromatic heterocycles. The smallest absolute Gasteiger partial charge is 0.0733 e. The molecule has 3 nitrogen and oxygen atoms in total. The van der Waals surface area contributed by atoms with Gasteiger partial charge in [-0.25, -0.2) is 0 Å². The molecule has 2 N–H and O–H groups in total. The predicted molar refractivity (Wildman–Crippen MR) is 61.9 cm³/mol. The van der Waals surface area contributed by atoms with E-state index in [-0.39, 0.29) is 6.10 Å². The Hall–Kier alpha value is -1.06. The highest BCUT2D eigenvalue weighted by Crippen LogP contribution is 2.15. The number of para-hydroxylation sites is 1. The van der Waals surface area contributed by atoms with Gasteiger partial charge < -0.3 is 15.2 Å². The average molecular weight is 209 g/mol. The minimum Gasteiger partial charge on any atom is -0.391 e. The highest BCUT2D eigenvalue weighted by atomic mass is 16.5. The molecule has 84 valence electrons. The summed E-state index contributed by atoms with van der Waals surface area (Å²) in [5.41, 5.74) is 2.15. The number of anilines is 1. The summed E-state index contributed by atoms with van der Waals surface area (Å²) in [7, 11) is 1.68. The van der Waals surface area contributed by atoms with Gasteiger partial charge in [-0.15, -0.1) is 0 Å². The lowest BCUT2D eigenvalue weighted by Crippen LogP contribution is -2.18. The largest absolute Gasteiger partial charge is 0.391 e. The van der Waals surface area contributed by atoms with Crippen LogP contribution in [0.2, 0.25) is 0 Å². The molecule has 0 fully saturated rings. The van der Waals surface area contributed by atoms with Crippen molar-refractivity contribution in [2.45, 2.75) is 26.1 Å². The Labute approximate surface area is 91.1 Å². The summed E-state index contributed by atoms with van der Waals surface area (Å²) < 4.78 is 5.10. The second-order valence-electron chi connectivity index (χ2n) is 3.53. The normalized spacial score (nSPS) is 12.5. The second kappa shape index (κ2) is 6.43. The topological polar surface area (TPSA) is 41.5 Å². The van der Waals surface area contributed by atoms with Crippen LogP contribution >= 0.6 is 0 Å². The van der Waals surface area contributed by atoms with Gasteiger partial charge in [-0.1, -0.05) is 25.1 Å². The third kappa shape index (κ3) is 3.90. The highest BCUT2D eigenvalue weighted by molar-refractivity contribution is 5.50. The molecule has 0 bridgehead atoms. The van der Waals surface area contributed by atoms with Gasteiger partial charge in [0, 0.05) is 24.9 Å². The van der Waals surface area contributed by atoms with Gasteiger partial charge in [-0.05, 0) is 12.5 Å². The molecule has 1 rings (SSSR count). The Bertz CT molecular complexity index is 289. The molecule has 1 atom stereocenters.